The van der Waals surface area contributed by atoms with Crippen LogP contribution in [0.3, 0.4) is 0 Å². The van der Waals surface area contributed by atoms with Crippen LogP contribution in [0, 0.1) is 5.92 Å². The van der Waals surface area contributed by atoms with Gasteiger partial charge in [-0.15, -0.1) is 0 Å². The number of fused-ring (bicyclic) bond motifs is 1. The number of aliphatic hydroxyl groups is 1. The van der Waals surface area contributed by atoms with E-state index in [4.69, 9.17) is 5.11 Å². The fourth-order valence-corrected chi connectivity index (χ4v) is 4.05. The molecule has 4 heteroatoms. The monoisotopic (exact) mass is 238 g/mol. The number of hydrogen-bond acceptors (Lipinski definition) is 4. The van der Waals surface area contributed by atoms with E-state index in [1.165, 1.54) is 32.1 Å². The lowest BCUT2D eigenvalue weighted by molar-refractivity contribution is 0.285. The maximum absolute atomic E-state index is 9.09. The number of aliphatic hydroxyl groups excluding tert-OH is 1. The molecule has 1 N–H and O–H groups in total. The van der Waals surface area contributed by atoms with Gasteiger partial charge >= 0.3 is 0 Å². The Hall–Kier alpha value is -0.610. The standard InChI is InChI=1S/C12H18N2OS/c15-8-10-7-13-12(16-10)14-6-2-4-9-3-1-5-11(9)14/h7,9,11,15H,1-6,8H2. The molecule has 2 heterocycles. The van der Waals surface area contributed by atoms with Gasteiger partial charge in [0.15, 0.2) is 5.13 Å². The van der Waals surface area contributed by atoms with Crippen molar-refractivity contribution in [2.24, 2.45) is 5.92 Å². The average molecular weight is 238 g/mol. The van der Waals surface area contributed by atoms with Crippen LogP contribution < -0.4 is 4.90 Å². The van der Waals surface area contributed by atoms with Crippen LogP contribution in [0.4, 0.5) is 5.13 Å². The van der Waals surface area contributed by atoms with Crippen LogP contribution in [0.5, 0.6) is 0 Å². The summed E-state index contributed by atoms with van der Waals surface area (Å²) in [7, 11) is 0. The Morgan fingerprint density at radius 1 is 1.38 bits per heavy atom. The molecule has 1 aliphatic heterocycles. The van der Waals surface area contributed by atoms with Crippen molar-refractivity contribution in [1.82, 2.24) is 4.98 Å². The molecule has 0 radical (unpaired) electrons. The third-order valence-electron chi connectivity index (χ3n) is 3.94. The van der Waals surface area contributed by atoms with Crippen LogP contribution in [0.1, 0.15) is 37.0 Å². The van der Waals surface area contributed by atoms with Crippen LogP contribution in [0.15, 0.2) is 6.20 Å². The van der Waals surface area contributed by atoms with Gasteiger partial charge in [0.05, 0.1) is 11.5 Å². The summed E-state index contributed by atoms with van der Waals surface area (Å²) in [6, 6.07) is 0.728. The molecule has 2 fully saturated rings. The minimum atomic E-state index is 0.125. The molecule has 1 aliphatic carbocycles. The summed E-state index contributed by atoms with van der Waals surface area (Å²) in [5.41, 5.74) is 0. The molecule has 1 saturated carbocycles. The molecule has 1 saturated heterocycles. The van der Waals surface area contributed by atoms with E-state index in [0.717, 1.165) is 28.5 Å². The maximum atomic E-state index is 9.09. The molecule has 0 spiro atoms. The Bertz CT molecular complexity index is 366. The lowest BCUT2D eigenvalue weighted by atomic mass is 9.92. The summed E-state index contributed by atoms with van der Waals surface area (Å²) in [5, 5.41) is 10.2. The van der Waals surface area contributed by atoms with Crippen LogP contribution in [-0.2, 0) is 6.61 Å². The second-order valence-electron chi connectivity index (χ2n) is 4.86. The normalized spacial score (nSPS) is 29.4. The van der Waals surface area contributed by atoms with Crippen molar-refractivity contribution in [2.75, 3.05) is 11.4 Å². The number of piperidine rings is 1. The van der Waals surface area contributed by atoms with Gasteiger partial charge < -0.3 is 10.0 Å². The second-order valence-corrected chi connectivity index (χ2v) is 5.95. The summed E-state index contributed by atoms with van der Waals surface area (Å²) in [5.74, 6) is 0.898. The molecule has 1 aromatic heterocycles. The van der Waals surface area contributed by atoms with E-state index < -0.39 is 0 Å². The van der Waals surface area contributed by atoms with Crippen molar-refractivity contribution in [3.8, 4) is 0 Å². The first kappa shape index (κ1) is 10.5. The van der Waals surface area contributed by atoms with Crippen LogP contribution in [0.2, 0.25) is 0 Å². The summed E-state index contributed by atoms with van der Waals surface area (Å²) < 4.78 is 0. The molecule has 3 nitrogen and oxygen atoms in total. The number of thiazole rings is 1. The topological polar surface area (TPSA) is 36.4 Å². The van der Waals surface area contributed by atoms with Gasteiger partial charge in [-0.05, 0) is 31.6 Å². The Balaban J connectivity index is 1.82. The van der Waals surface area contributed by atoms with Gasteiger partial charge in [-0.25, -0.2) is 4.98 Å². The van der Waals surface area contributed by atoms with E-state index in [1.54, 1.807) is 11.3 Å². The quantitative estimate of drug-likeness (QED) is 0.859. The highest BCUT2D eigenvalue weighted by Gasteiger charge is 2.35. The third-order valence-corrected chi connectivity index (χ3v) is 4.96. The first-order valence-corrected chi connectivity index (χ1v) is 7.02. The van der Waals surface area contributed by atoms with E-state index in [1.807, 2.05) is 6.20 Å². The molecule has 88 valence electrons. The Labute approximate surface area is 100 Å². The Morgan fingerprint density at radius 3 is 3.06 bits per heavy atom. The average Bonchev–Trinajstić information content (AvgIpc) is 2.97. The maximum Gasteiger partial charge on any atom is 0.185 e. The van der Waals surface area contributed by atoms with E-state index in [0.29, 0.717) is 0 Å². The smallest absolute Gasteiger partial charge is 0.185 e. The van der Waals surface area contributed by atoms with E-state index >= 15 is 0 Å². The zero-order valence-electron chi connectivity index (χ0n) is 9.43. The minimum Gasteiger partial charge on any atom is -0.391 e. The third kappa shape index (κ3) is 1.74. The zero-order valence-corrected chi connectivity index (χ0v) is 10.2. The number of hydrogen-bond donors (Lipinski definition) is 1. The van der Waals surface area contributed by atoms with Gasteiger partial charge in [0.1, 0.15) is 0 Å². The van der Waals surface area contributed by atoms with Crippen LogP contribution in [0.25, 0.3) is 0 Å². The van der Waals surface area contributed by atoms with E-state index in [9.17, 15) is 0 Å². The molecule has 1 aromatic rings. The van der Waals surface area contributed by atoms with Gasteiger partial charge in [-0.1, -0.05) is 17.8 Å². The lowest BCUT2D eigenvalue weighted by Crippen LogP contribution is -2.42. The van der Waals surface area contributed by atoms with Gasteiger partial charge in [-0.2, -0.15) is 0 Å². The Morgan fingerprint density at radius 2 is 2.25 bits per heavy atom. The van der Waals surface area contributed by atoms with Crippen molar-refractivity contribution < 1.29 is 5.11 Å². The predicted molar refractivity (Wildman–Crippen MR) is 65.7 cm³/mol. The molecule has 0 aromatic carbocycles. The fourth-order valence-electron chi connectivity index (χ4n) is 3.19. The second kappa shape index (κ2) is 4.34. The highest BCUT2D eigenvalue weighted by atomic mass is 32.1. The van der Waals surface area contributed by atoms with Crippen molar-refractivity contribution in [2.45, 2.75) is 44.8 Å². The number of rotatable bonds is 2. The molecule has 2 atom stereocenters. The molecule has 3 rings (SSSR count). The molecular formula is C12H18N2OS. The predicted octanol–water partition coefficient (Wildman–Crippen LogP) is 2.40. The number of aromatic nitrogens is 1. The molecule has 2 unspecified atom stereocenters. The minimum absolute atomic E-state index is 0.125. The van der Waals surface area contributed by atoms with E-state index in [2.05, 4.69) is 9.88 Å². The number of anilines is 1. The Kier molecular flexibility index (Phi) is 2.86. The fraction of sp³-hybridized carbons (Fsp3) is 0.750. The van der Waals surface area contributed by atoms with Gasteiger partial charge in [0, 0.05) is 18.8 Å². The molecular weight excluding hydrogens is 220 g/mol. The molecule has 16 heavy (non-hydrogen) atoms. The van der Waals surface area contributed by atoms with Gasteiger partial charge in [0.2, 0.25) is 0 Å². The first-order chi connectivity index (χ1) is 7.88. The lowest BCUT2D eigenvalue weighted by Gasteiger charge is -2.37. The summed E-state index contributed by atoms with van der Waals surface area (Å²) in [4.78, 5) is 7.93. The zero-order chi connectivity index (χ0) is 11.0. The molecule has 0 bridgehead atoms. The molecule has 0 amide bonds. The summed E-state index contributed by atoms with van der Waals surface area (Å²) in [6.45, 7) is 1.28. The number of nitrogens with zero attached hydrogens (tertiary/aromatic N) is 2. The van der Waals surface area contributed by atoms with Crippen molar-refractivity contribution in [3.05, 3.63) is 11.1 Å². The summed E-state index contributed by atoms with van der Waals surface area (Å²) >= 11 is 1.65. The first-order valence-electron chi connectivity index (χ1n) is 6.20. The highest BCUT2D eigenvalue weighted by Crippen LogP contribution is 2.40. The largest absolute Gasteiger partial charge is 0.391 e. The van der Waals surface area contributed by atoms with Crippen LogP contribution >= 0.6 is 11.3 Å². The van der Waals surface area contributed by atoms with Gasteiger partial charge in [0.25, 0.3) is 0 Å². The van der Waals surface area contributed by atoms with E-state index in [-0.39, 0.29) is 6.61 Å². The summed E-state index contributed by atoms with van der Waals surface area (Å²) in [6.07, 6.45) is 8.63. The van der Waals surface area contributed by atoms with Crippen molar-refractivity contribution in [1.29, 1.82) is 0 Å². The highest BCUT2D eigenvalue weighted by molar-refractivity contribution is 7.15. The van der Waals surface area contributed by atoms with Crippen molar-refractivity contribution >= 4 is 16.5 Å². The molecule has 2 aliphatic rings. The van der Waals surface area contributed by atoms with Crippen LogP contribution in [-0.4, -0.2) is 22.7 Å². The SMILES string of the molecule is OCc1cnc(N2CCCC3CCCC32)s1. The van der Waals surface area contributed by atoms with Crippen molar-refractivity contribution in [3.63, 3.8) is 0 Å². The van der Waals surface area contributed by atoms with Gasteiger partial charge in [-0.3, -0.25) is 0 Å².